The summed E-state index contributed by atoms with van der Waals surface area (Å²) in [5.41, 5.74) is 6.15. The van der Waals surface area contributed by atoms with Crippen LogP contribution in [0.3, 0.4) is 0 Å². The maximum absolute atomic E-state index is 5.25. The van der Waals surface area contributed by atoms with Crippen molar-refractivity contribution >= 4 is 17.1 Å². The number of hydrogen-bond acceptors (Lipinski definition) is 3. The number of hydrogen-bond donors (Lipinski definition) is 0. The van der Waals surface area contributed by atoms with E-state index in [2.05, 4.69) is 116 Å². The normalized spacial score (nSPS) is 25.8. The number of hydrazone groups is 1. The number of rotatable bonds is 2. The molecule has 0 saturated carbocycles. The van der Waals surface area contributed by atoms with Crippen molar-refractivity contribution in [2.24, 2.45) is 10.5 Å². The fourth-order valence-electron chi connectivity index (χ4n) is 5.33. The zero-order chi connectivity index (χ0) is 20.0. The third-order valence-corrected chi connectivity index (χ3v) is 6.56. The van der Waals surface area contributed by atoms with Crippen molar-refractivity contribution in [3.63, 3.8) is 0 Å². The van der Waals surface area contributed by atoms with E-state index in [0.717, 1.165) is 12.1 Å². The van der Waals surface area contributed by atoms with Gasteiger partial charge in [-0.25, -0.2) is 5.01 Å². The lowest BCUT2D eigenvalue weighted by atomic mass is 9.73. The summed E-state index contributed by atoms with van der Waals surface area (Å²) < 4.78 is 0. The van der Waals surface area contributed by atoms with Gasteiger partial charge in [-0.15, -0.1) is 0 Å². The summed E-state index contributed by atoms with van der Waals surface area (Å²) in [7, 11) is 2.22. The third kappa shape index (κ3) is 2.76. The number of fused-ring (bicyclic) bond motifs is 2. The highest BCUT2D eigenvalue weighted by molar-refractivity contribution is 6.08. The van der Waals surface area contributed by atoms with Crippen LogP contribution in [0.5, 0.6) is 0 Å². The first-order valence-electron chi connectivity index (χ1n) is 10.4. The predicted octanol–water partition coefficient (Wildman–Crippen LogP) is 5.89. The smallest absolute Gasteiger partial charge is 0.134 e. The zero-order valence-electron chi connectivity index (χ0n) is 17.3. The Morgan fingerprint density at radius 1 is 0.862 bits per heavy atom. The van der Waals surface area contributed by atoms with E-state index < -0.39 is 0 Å². The lowest BCUT2D eigenvalue weighted by Crippen LogP contribution is -2.52. The molecule has 0 fully saturated rings. The van der Waals surface area contributed by atoms with Crippen LogP contribution < -0.4 is 9.91 Å². The second-order valence-electron chi connectivity index (χ2n) is 8.56. The van der Waals surface area contributed by atoms with Crippen molar-refractivity contribution in [1.82, 2.24) is 0 Å². The number of nitrogens with zero attached hydrogens (tertiary/aromatic N) is 3. The Morgan fingerprint density at radius 3 is 2.21 bits per heavy atom. The summed E-state index contributed by atoms with van der Waals surface area (Å²) in [5.74, 6) is 0.452. The Balaban J connectivity index is 1.72. The Labute approximate surface area is 173 Å². The Hall–Kier alpha value is -3.07. The average molecular weight is 382 g/mol. The molecule has 3 nitrogen and oxygen atoms in total. The molecule has 0 aliphatic carbocycles. The van der Waals surface area contributed by atoms with Crippen molar-refractivity contribution in [3.8, 4) is 0 Å². The van der Waals surface area contributed by atoms with Crippen molar-refractivity contribution in [2.75, 3.05) is 17.0 Å². The Kier molecular flexibility index (Phi) is 4.20. The second kappa shape index (κ2) is 6.77. The van der Waals surface area contributed by atoms with E-state index in [1.54, 1.807) is 0 Å². The van der Waals surface area contributed by atoms with Crippen LogP contribution in [0.2, 0.25) is 0 Å². The van der Waals surface area contributed by atoms with Gasteiger partial charge >= 0.3 is 0 Å². The molecule has 29 heavy (non-hydrogen) atoms. The molecular formula is C26H27N3. The first-order chi connectivity index (χ1) is 14.1. The highest BCUT2D eigenvalue weighted by Gasteiger charge is 2.53. The molecule has 0 spiro atoms. The Morgan fingerprint density at radius 2 is 1.48 bits per heavy atom. The van der Waals surface area contributed by atoms with Gasteiger partial charge in [0.05, 0.1) is 16.8 Å². The van der Waals surface area contributed by atoms with Crippen LogP contribution in [-0.4, -0.2) is 18.9 Å². The summed E-state index contributed by atoms with van der Waals surface area (Å²) >= 11 is 0. The lowest BCUT2D eigenvalue weighted by Gasteiger charge is -2.41. The van der Waals surface area contributed by atoms with Gasteiger partial charge in [0.1, 0.15) is 6.17 Å². The topological polar surface area (TPSA) is 18.8 Å². The predicted molar refractivity (Wildman–Crippen MR) is 122 cm³/mol. The molecule has 0 aromatic heterocycles. The maximum atomic E-state index is 5.25. The number of para-hydroxylation sites is 2. The summed E-state index contributed by atoms with van der Waals surface area (Å²) in [6.45, 7) is 4.75. The van der Waals surface area contributed by atoms with Crippen molar-refractivity contribution < 1.29 is 0 Å². The van der Waals surface area contributed by atoms with E-state index in [9.17, 15) is 0 Å². The van der Waals surface area contributed by atoms with Crippen molar-refractivity contribution in [3.05, 3.63) is 96.1 Å². The summed E-state index contributed by atoms with van der Waals surface area (Å²) in [5, 5.41) is 7.49. The van der Waals surface area contributed by atoms with Crippen molar-refractivity contribution in [2.45, 2.75) is 32.4 Å². The average Bonchev–Trinajstić information content (AvgIpc) is 3.03. The highest BCUT2D eigenvalue weighted by atomic mass is 15.6. The first-order valence-corrected chi connectivity index (χ1v) is 10.4. The summed E-state index contributed by atoms with van der Waals surface area (Å²) in [4.78, 5) is 2.44. The van der Waals surface area contributed by atoms with Gasteiger partial charge in [-0.1, -0.05) is 80.6 Å². The molecule has 146 valence electrons. The molecule has 3 aromatic rings. The zero-order valence-corrected chi connectivity index (χ0v) is 17.3. The fourth-order valence-corrected chi connectivity index (χ4v) is 5.33. The number of benzene rings is 3. The largest absolute Gasteiger partial charge is 0.352 e. The van der Waals surface area contributed by atoms with E-state index >= 15 is 0 Å². The summed E-state index contributed by atoms with van der Waals surface area (Å²) in [6, 6.07) is 30.1. The van der Waals surface area contributed by atoms with Crippen molar-refractivity contribution in [1.29, 1.82) is 0 Å². The molecule has 0 unspecified atom stereocenters. The molecule has 0 saturated heterocycles. The Bertz CT molecular complexity index is 1040. The fraction of sp³-hybridized carbons (Fsp3) is 0.269. The van der Waals surface area contributed by atoms with E-state index in [4.69, 9.17) is 5.10 Å². The lowest BCUT2D eigenvalue weighted by molar-refractivity contribution is 0.337. The molecule has 0 amide bonds. The van der Waals surface area contributed by atoms with Gasteiger partial charge in [-0.2, -0.15) is 5.10 Å². The summed E-state index contributed by atoms with van der Waals surface area (Å²) in [6.07, 6.45) is 1.17. The van der Waals surface area contributed by atoms with E-state index in [-0.39, 0.29) is 11.6 Å². The van der Waals surface area contributed by atoms with Gasteiger partial charge in [0, 0.05) is 12.7 Å². The van der Waals surface area contributed by atoms with Gasteiger partial charge < -0.3 is 4.90 Å². The second-order valence-corrected chi connectivity index (χ2v) is 8.56. The maximum Gasteiger partial charge on any atom is 0.134 e. The van der Waals surface area contributed by atoms with Crippen LogP contribution in [0.25, 0.3) is 0 Å². The van der Waals surface area contributed by atoms with Gasteiger partial charge in [0.25, 0.3) is 0 Å². The number of anilines is 2. The third-order valence-electron chi connectivity index (χ3n) is 6.56. The van der Waals surface area contributed by atoms with E-state index in [1.165, 1.54) is 22.5 Å². The van der Waals surface area contributed by atoms with Gasteiger partial charge in [-0.05, 0) is 41.7 Å². The molecule has 2 aliphatic heterocycles. The molecule has 2 heterocycles. The van der Waals surface area contributed by atoms with Gasteiger partial charge in [0.2, 0.25) is 0 Å². The quantitative estimate of drug-likeness (QED) is 0.551. The van der Waals surface area contributed by atoms with E-state index in [0.29, 0.717) is 5.92 Å². The van der Waals surface area contributed by atoms with Crippen LogP contribution in [0.4, 0.5) is 11.4 Å². The molecule has 3 heteroatoms. The first kappa shape index (κ1) is 18.0. The van der Waals surface area contributed by atoms with Crippen LogP contribution >= 0.6 is 0 Å². The molecular weight excluding hydrogens is 354 g/mol. The highest BCUT2D eigenvalue weighted by Crippen LogP contribution is 2.51. The van der Waals surface area contributed by atoms with Crippen LogP contribution in [0.1, 0.15) is 37.3 Å². The molecule has 3 aromatic carbocycles. The standard InChI is InChI=1S/C26H27N3/c1-19-18-26(2)24(20-12-6-4-7-13-20)27-29(21-14-8-5-9-15-21)25(26)28(3)23-17-11-10-16-22(19)23/h4-17,19,25H,18H2,1-3H3/t19-,25+,26-/m1/s1. The molecule has 0 radical (unpaired) electrons. The van der Waals surface area contributed by atoms with Crippen LogP contribution in [0.15, 0.2) is 90.0 Å². The molecule has 5 rings (SSSR count). The van der Waals surface area contributed by atoms with E-state index in [1.807, 2.05) is 0 Å². The minimum absolute atomic E-state index is 0.107. The molecule has 3 atom stereocenters. The monoisotopic (exact) mass is 381 g/mol. The molecule has 2 aliphatic rings. The minimum atomic E-state index is -0.107. The van der Waals surface area contributed by atoms with Gasteiger partial charge in [0.15, 0.2) is 0 Å². The molecule has 0 bridgehead atoms. The van der Waals surface area contributed by atoms with Crippen LogP contribution in [0, 0.1) is 5.41 Å². The van der Waals surface area contributed by atoms with Crippen LogP contribution in [-0.2, 0) is 0 Å². The SMILES string of the molecule is C[C@@H]1C[C@]2(C)C(c3ccccc3)=NN(c3ccccc3)[C@@H]2N(C)c2ccccc21. The minimum Gasteiger partial charge on any atom is -0.352 e. The van der Waals surface area contributed by atoms with Gasteiger partial charge in [-0.3, -0.25) is 0 Å². The molecule has 0 N–H and O–H groups in total.